The highest BCUT2D eigenvalue weighted by molar-refractivity contribution is 7.47. The quantitative estimate of drug-likeness (QED) is 0.397. The molecule has 1 aliphatic heterocycles. The van der Waals surface area contributed by atoms with Crippen LogP contribution in [0.4, 0.5) is 0 Å². The molecule has 1 saturated carbocycles. The van der Waals surface area contributed by atoms with Crippen molar-refractivity contribution < 1.29 is 37.8 Å². The fourth-order valence-corrected chi connectivity index (χ4v) is 4.98. The molecule has 9 heteroatoms. The normalized spacial score (nSPS) is 37.2. The van der Waals surface area contributed by atoms with Crippen molar-refractivity contribution in [1.29, 1.82) is 0 Å². The molecule has 0 aromatic rings. The molecule has 2 rings (SSSR count). The van der Waals surface area contributed by atoms with Crippen LogP contribution in [0.25, 0.3) is 0 Å². The Morgan fingerprint density at radius 2 is 1.83 bits per heavy atom. The van der Waals surface area contributed by atoms with E-state index in [0.717, 1.165) is 0 Å². The number of aliphatic hydroxyl groups excluding tert-OH is 1. The molecule has 8 atom stereocenters. The number of hydrogen-bond donors (Lipinski definition) is 2. The fourth-order valence-electron chi connectivity index (χ4n) is 3.95. The molecular formula is C20H37O8P. The van der Waals surface area contributed by atoms with Gasteiger partial charge in [0.25, 0.3) is 0 Å². The fraction of sp³-hybridized carbons (Fsp3) is 0.900. The van der Waals surface area contributed by atoms with Crippen LogP contribution in [0.1, 0.15) is 54.4 Å². The van der Waals surface area contributed by atoms with E-state index in [0.29, 0.717) is 12.8 Å². The second kappa shape index (κ2) is 10.2. The van der Waals surface area contributed by atoms with Crippen molar-refractivity contribution in [3.63, 3.8) is 0 Å². The highest BCUT2D eigenvalue weighted by Gasteiger charge is 2.46. The van der Waals surface area contributed by atoms with Crippen LogP contribution in [0.2, 0.25) is 0 Å². The molecule has 170 valence electrons. The molecule has 1 aliphatic carbocycles. The first-order valence-electron chi connectivity index (χ1n) is 10.4. The molecule has 29 heavy (non-hydrogen) atoms. The van der Waals surface area contributed by atoms with Crippen LogP contribution >= 0.6 is 7.82 Å². The van der Waals surface area contributed by atoms with E-state index in [1.165, 1.54) is 0 Å². The lowest BCUT2D eigenvalue weighted by atomic mass is 10.0. The van der Waals surface area contributed by atoms with Crippen molar-refractivity contribution in [3.05, 3.63) is 12.3 Å². The van der Waals surface area contributed by atoms with Crippen LogP contribution in [0.3, 0.4) is 0 Å². The minimum atomic E-state index is -4.47. The van der Waals surface area contributed by atoms with Gasteiger partial charge in [-0.05, 0) is 47.0 Å². The van der Waals surface area contributed by atoms with Crippen molar-refractivity contribution in [1.82, 2.24) is 0 Å². The molecule has 0 aromatic carbocycles. The van der Waals surface area contributed by atoms with Gasteiger partial charge < -0.3 is 23.8 Å². The van der Waals surface area contributed by atoms with Gasteiger partial charge in [0, 0.05) is 12.3 Å². The number of ether oxygens (including phenoxy) is 3. The van der Waals surface area contributed by atoms with E-state index in [-0.39, 0.29) is 42.7 Å². The smallest absolute Gasteiger partial charge is 0.406 e. The molecule has 0 aromatic heterocycles. The van der Waals surface area contributed by atoms with Crippen LogP contribution in [0.15, 0.2) is 12.3 Å². The molecule has 0 bridgehead atoms. The second-order valence-electron chi connectivity index (χ2n) is 8.75. The molecule has 1 heterocycles. The third kappa shape index (κ3) is 7.03. The van der Waals surface area contributed by atoms with Gasteiger partial charge in [-0.15, -0.1) is 0 Å². The lowest BCUT2D eigenvalue weighted by Crippen LogP contribution is -2.32. The average Bonchev–Trinajstić information content (AvgIpc) is 3.04. The maximum atomic E-state index is 12.7. The van der Waals surface area contributed by atoms with Crippen molar-refractivity contribution >= 4 is 7.82 Å². The van der Waals surface area contributed by atoms with E-state index in [9.17, 15) is 14.6 Å². The van der Waals surface area contributed by atoms with E-state index >= 15 is 0 Å². The van der Waals surface area contributed by atoms with Gasteiger partial charge in [-0.3, -0.25) is 9.42 Å². The first-order chi connectivity index (χ1) is 13.4. The predicted molar refractivity (Wildman–Crippen MR) is 108 cm³/mol. The Morgan fingerprint density at radius 3 is 2.41 bits per heavy atom. The standard InChI is InChI=1S/C20H37O8P/c1-11(2)24-10-16-17(8-13(5)19(16)21)28-29(22,23)27-15(7)20-18(25-12(3)4)9-14(6)26-20/h11-14,16-21H,7-10H2,1-6H3,(H,22,23)/t13-,14-,16+,17?,18?,19?,20+/m0/s1. The van der Waals surface area contributed by atoms with Gasteiger partial charge in [-0.2, -0.15) is 0 Å². The van der Waals surface area contributed by atoms with Crippen molar-refractivity contribution in [3.8, 4) is 0 Å². The third-order valence-corrected chi connectivity index (χ3v) is 6.27. The molecule has 0 amide bonds. The van der Waals surface area contributed by atoms with E-state index in [1.807, 2.05) is 41.5 Å². The summed E-state index contributed by atoms with van der Waals surface area (Å²) in [5, 5.41) is 10.4. The molecular weight excluding hydrogens is 399 g/mol. The number of phosphoric acid groups is 1. The predicted octanol–water partition coefficient (Wildman–Crippen LogP) is 3.42. The summed E-state index contributed by atoms with van der Waals surface area (Å²) in [6.07, 6.45) is -1.33. The highest BCUT2D eigenvalue weighted by atomic mass is 31.2. The SMILES string of the molecule is C=C(OP(=O)(O)OC1C[C@H](C)C(O)[C@@H]1COC(C)C)[C@H]1O[C@@H](C)CC1OC(C)C. The van der Waals surface area contributed by atoms with Gasteiger partial charge in [0.2, 0.25) is 0 Å². The van der Waals surface area contributed by atoms with Crippen molar-refractivity contribution in [2.24, 2.45) is 11.8 Å². The molecule has 0 spiro atoms. The van der Waals surface area contributed by atoms with Gasteiger partial charge >= 0.3 is 7.82 Å². The Morgan fingerprint density at radius 1 is 1.17 bits per heavy atom. The van der Waals surface area contributed by atoms with Crippen molar-refractivity contribution in [2.45, 2.75) is 97.1 Å². The van der Waals surface area contributed by atoms with Crippen LogP contribution in [0, 0.1) is 11.8 Å². The summed E-state index contributed by atoms with van der Waals surface area (Å²) in [4.78, 5) is 10.3. The number of phosphoric ester groups is 1. The van der Waals surface area contributed by atoms with Crippen molar-refractivity contribution in [2.75, 3.05) is 6.61 Å². The molecule has 2 aliphatic rings. The zero-order chi connectivity index (χ0) is 21.9. The van der Waals surface area contributed by atoms with E-state index in [2.05, 4.69) is 6.58 Å². The molecule has 2 N–H and O–H groups in total. The molecule has 1 saturated heterocycles. The second-order valence-corrected chi connectivity index (χ2v) is 10.1. The zero-order valence-electron chi connectivity index (χ0n) is 18.3. The number of aliphatic hydroxyl groups is 1. The maximum Gasteiger partial charge on any atom is 0.527 e. The van der Waals surface area contributed by atoms with E-state index in [4.69, 9.17) is 23.3 Å². The Bertz CT molecular complexity index is 595. The summed E-state index contributed by atoms with van der Waals surface area (Å²) in [6.45, 7) is 15.4. The van der Waals surface area contributed by atoms with Gasteiger partial charge in [0.15, 0.2) is 0 Å². The Hall–Kier alpha value is -0.470. The number of rotatable bonds is 10. The Balaban J connectivity index is 2.00. The lowest BCUT2D eigenvalue weighted by Gasteiger charge is -2.27. The topological polar surface area (TPSA) is 104 Å². The minimum absolute atomic E-state index is 0.00686. The average molecular weight is 436 g/mol. The van der Waals surface area contributed by atoms with Gasteiger partial charge in [-0.25, -0.2) is 4.57 Å². The molecule has 2 fully saturated rings. The Labute approximate surface area is 174 Å². The lowest BCUT2D eigenvalue weighted by molar-refractivity contribution is -0.0458. The first-order valence-corrected chi connectivity index (χ1v) is 11.9. The van der Waals surface area contributed by atoms with Crippen LogP contribution in [-0.4, -0.2) is 59.3 Å². The molecule has 8 nitrogen and oxygen atoms in total. The summed E-state index contributed by atoms with van der Waals surface area (Å²) in [6, 6.07) is 0. The summed E-state index contributed by atoms with van der Waals surface area (Å²) >= 11 is 0. The first kappa shape index (κ1) is 24.8. The largest absolute Gasteiger partial charge is 0.527 e. The number of hydrogen-bond acceptors (Lipinski definition) is 7. The van der Waals surface area contributed by atoms with E-state index in [1.54, 1.807) is 0 Å². The van der Waals surface area contributed by atoms with Gasteiger partial charge in [-0.1, -0.05) is 13.5 Å². The monoisotopic (exact) mass is 436 g/mol. The summed E-state index contributed by atoms with van der Waals surface area (Å²) in [5.74, 6) is -0.483. The summed E-state index contributed by atoms with van der Waals surface area (Å²) in [5.41, 5.74) is 0. The van der Waals surface area contributed by atoms with Gasteiger partial charge in [0.1, 0.15) is 11.9 Å². The summed E-state index contributed by atoms with van der Waals surface area (Å²) in [7, 11) is -4.47. The van der Waals surface area contributed by atoms with Gasteiger partial charge in [0.05, 0.1) is 43.2 Å². The molecule has 0 radical (unpaired) electrons. The van der Waals surface area contributed by atoms with Crippen LogP contribution in [-0.2, 0) is 27.8 Å². The summed E-state index contributed by atoms with van der Waals surface area (Å²) < 4.78 is 40.6. The minimum Gasteiger partial charge on any atom is -0.406 e. The van der Waals surface area contributed by atoms with Crippen LogP contribution < -0.4 is 0 Å². The molecule has 4 unspecified atom stereocenters. The van der Waals surface area contributed by atoms with Crippen LogP contribution in [0.5, 0.6) is 0 Å². The van der Waals surface area contributed by atoms with E-state index < -0.39 is 32.1 Å². The Kier molecular flexibility index (Phi) is 8.74. The zero-order valence-corrected chi connectivity index (χ0v) is 19.2. The third-order valence-electron chi connectivity index (χ3n) is 5.27. The maximum absolute atomic E-state index is 12.7. The highest BCUT2D eigenvalue weighted by Crippen LogP contribution is 2.52.